The van der Waals surface area contributed by atoms with Crippen molar-refractivity contribution in [1.29, 1.82) is 0 Å². The number of likely N-dealkylation sites (N-methyl/N-ethyl adjacent to an activating group) is 1. The molecule has 468 valence electrons. The second kappa shape index (κ2) is 61.5. The van der Waals surface area contributed by atoms with E-state index in [0.717, 1.165) is 96.3 Å². The van der Waals surface area contributed by atoms with Crippen molar-refractivity contribution in [2.45, 2.75) is 296 Å². The number of phosphoric acid groups is 1. The van der Waals surface area contributed by atoms with Crippen LogP contribution in [0.4, 0.5) is 0 Å². The summed E-state index contributed by atoms with van der Waals surface area (Å²) in [4.78, 5) is 35.8. The standard InChI is InChI=1S/C71H126NO8P/c1-6-8-10-12-14-16-18-20-22-24-26-28-30-32-34-36-38-40-42-44-46-48-50-52-54-56-58-60-62-64-71(74)80-69(68-79-81(75,76)78-66-65-72(3,4)5)67-77-70(73)63-61-59-57-55-53-51-49-47-45-43-41-39-37-35-33-31-29-27-25-23-21-19-17-15-13-11-9-7-2/h8,10,14,16,20,22,26,28,32,34,38,40,44,46,50,52,69H,6-7,9,11-13,15,17-19,21,23-25,27,29-31,33,35-37,39,41-43,45,47-49,51,53-68H2,1-5H3/p+1/b10-8-,16-14-,22-20-,28-26-,34-32-,40-38-,46-44-,52-50-. The number of nitrogens with zero attached hydrogens (tertiary/aromatic N) is 1. The van der Waals surface area contributed by atoms with Crippen molar-refractivity contribution in [3.63, 3.8) is 0 Å². The lowest BCUT2D eigenvalue weighted by atomic mass is 10.0. The monoisotopic (exact) mass is 1150 g/mol. The van der Waals surface area contributed by atoms with E-state index in [1.54, 1.807) is 0 Å². The van der Waals surface area contributed by atoms with Crippen LogP contribution in [0.1, 0.15) is 290 Å². The van der Waals surface area contributed by atoms with E-state index in [1.807, 2.05) is 21.1 Å². The molecule has 0 saturated carbocycles. The van der Waals surface area contributed by atoms with Gasteiger partial charge in [-0.3, -0.25) is 18.6 Å². The molecule has 1 N–H and O–H groups in total. The summed E-state index contributed by atoms with van der Waals surface area (Å²) in [6.07, 6.45) is 85.0. The summed E-state index contributed by atoms with van der Waals surface area (Å²) < 4.78 is 34.7. The van der Waals surface area contributed by atoms with Crippen LogP contribution in [-0.4, -0.2) is 74.9 Å². The average molecular weight is 1150 g/mol. The highest BCUT2D eigenvalue weighted by atomic mass is 31.2. The van der Waals surface area contributed by atoms with Crippen LogP contribution in [0.3, 0.4) is 0 Å². The van der Waals surface area contributed by atoms with Gasteiger partial charge in [-0.05, 0) is 77.0 Å². The van der Waals surface area contributed by atoms with E-state index in [-0.39, 0.29) is 32.0 Å². The number of quaternary nitrogens is 1. The first-order valence-corrected chi connectivity index (χ1v) is 35.0. The third kappa shape index (κ3) is 65.9. The zero-order valence-corrected chi connectivity index (χ0v) is 54.1. The van der Waals surface area contributed by atoms with Crippen molar-refractivity contribution >= 4 is 19.8 Å². The van der Waals surface area contributed by atoms with Gasteiger partial charge >= 0.3 is 19.8 Å². The van der Waals surface area contributed by atoms with Gasteiger partial charge in [0.2, 0.25) is 0 Å². The molecule has 0 aromatic rings. The fourth-order valence-corrected chi connectivity index (χ4v) is 10.0. The van der Waals surface area contributed by atoms with E-state index in [2.05, 4.69) is 111 Å². The van der Waals surface area contributed by atoms with Crippen molar-refractivity contribution < 1.29 is 42.1 Å². The molecule has 0 aliphatic carbocycles. The molecule has 0 aromatic carbocycles. The summed E-state index contributed by atoms with van der Waals surface area (Å²) in [5.41, 5.74) is 0. The second-order valence-electron chi connectivity index (χ2n) is 23.5. The minimum atomic E-state index is -4.40. The Kier molecular flexibility index (Phi) is 59.2. The average Bonchev–Trinajstić information content (AvgIpc) is 3.43. The second-order valence-corrected chi connectivity index (χ2v) is 24.9. The molecule has 0 aliphatic heterocycles. The van der Waals surface area contributed by atoms with Crippen LogP contribution >= 0.6 is 7.82 Å². The molecule has 2 unspecified atom stereocenters. The van der Waals surface area contributed by atoms with Crippen molar-refractivity contribution in [3.05, 3.63) is 97.2 Å². The van der Waals surface area contributed by atoms with Gasteiger partial charge in [-0.1, -0.05) is 297 Å². The highest BCUT2D eigenvalue weighted by Gasteiger charge is 2.27. The number of unbranched alkanes of at least 4 members (excludes halogenated alkanes) is 31. The molecule has 0 spiro atoms. The lowest BCUT2D eigenvalue weighted by Gasteiger charge is -2.24. The van der Waals surface area contributed by atoms with E-state index >= 15 is 0 Å². The number of rotatable bonds is 61. The minimum absolute atomic E-state index is 0.0228. The van der Waals surface area contributed by atoms with Crippen LogP contribution < -0.4 is 0 Å². The number of esters is 2. The Bertz CT molecular complexity index is 1690. The topological polar surface area (TPSA) is 108 Å². The van der Waals surface area contributed by atoms with E-state index in [0.29, 0.717) is 17.4 Å². The summed E-state index contributed by atoms with van der Waals surface area (Å²) in [6, 6.07) is 0. The summed E-state index contributed by atoms with van der Waals surface area (Å²) >= 11 is 0. The molecule has 0 aromatic heterocycles. The molecule has 0 saturated heterocycles. The van der Waals surface area contributed by atoms with Crippen molar-refractivity contribution in [2.24, 2.45) is 0 Å². The first kappa shape index (κ1) is 77.9. The molecule has 10 heteroatoms. The molecule has 0 fully saturated rings. The van der Waals surface area contributed by atoms with Crippen LogP contribution in [0.15, 0.2) is 97.2 Å². The van der Waals surface area contributed by atoms with E-state index in [1.165, 1.54) is 161 Å². The minimum Gasteiger partial charge on any atom is -0.462 e. The highest BCUT2D eigenvalue weighted by molar-refractivity contribution is 7.47. The van der Waals surface area contributed by atoms with Crippen LogP contribution in [0, 0.1) is 0 Å². The molecule has 0 amide bonds. The van der Waals surface area contributed by atoms with Gasteiger partial charge in [0.25, 0.3) is 0 Å². The van der Waals surface area contributed by atoms with Gasteiger partial charge in [-0.25, -0.2) is 4.57 Å². The number of carbonyl (C=O) groups is 2. The summed E-state index contributed by atoms with van der Waals surface area (Å²) in [5, 5.41) is 0. The maximum atomic E-state index is 12.9. The van der Waals surface area contributed by atoms with E-state index in [4.69, 9.17) is 18.5 Å². The fourth-order valence-electron chi connectivity index (χ4n) is 9.27. The Morgan fingerprint density at radius 2 is 0.704 bits per heavy atom. The highest BCUT2D eigenvalue weighted by Crippen LogP contribution is 2.43. The molecule has 2 atom stereocenters. The number of ether oxygens (including phenoxy) is 2. The zero-order chi connectivity index (χ0) is 59.1. The molecule has 0 rings (SSSR count). The van der Waals surface area contributed by atoms with Gasteiger partial charge in [0.1, 0.15) is 19.8 Å². The normalized spacial score (nSPS) is 13.8. The maximum absolute atomic E-state index is 12.9. The number of hydrogen-bond donors (Lipinski definition) is 1. The van der Waals surface area contributed by atoms with Gasteiger partial charge in [-0.15, -0.1) is 0 Å². The molecule has 0 heterocycles. The van der Waals surface area contributed by atoms with Gasteiger partial charge in [0.05, 0.1) is 27.7 Å². The number of allylic oxidation sites excluding steroid dienone is 16. The molecule has 0 aliphatic rings. The lowest BCUT2D eigenvalue weighted by molar-refractivity contribution is -0.870. The molecule has 81 heavy (non-hydrogen) atoms. The zero-order valence-electron chi connectivity index (χ0n) is 53.2. The predicted molar refractivity (Wildman–Crippen MR) is 348 cm³/mol. The third-order valence-electron chi connectivity index (χ3n) is 14.4. The number of phosphoric ester groups is 1. The first-order valence-electron chi connectivity index (χ1n) is 33.5. The smallest absolute Gasteiger partial charge is 0.462 e. The third-order valence-corrected chi connectivity index (χ3v) is 15.4. The Labute approximate surface area is 500 Å². The van der Waals surface area contributed by atoms with Crippen LogP contribution in [0.2, 0.25) is 0 Å². The number of carbonyl (C=O) groups excluding carboxylic acids is 2. The Morgan fingerprint density at radius 3 is 1.05 bits per heavy atom. The van der Waals surface area contributed by atoms with Crippen LogP contribution in [-0.2, 0) is 32.7 Å². The molecule has 9 nitrogen and oxygen atoms in total. The van der Waals surface area contributed by atoms with Crippen LogP contribution in [0.5, 0.6) is 0 Å². The van der Waals surface area contributed by atoms with Gasteiger partial charge in [-0.2, -0.15) is 0 Å². The Morgan fingerprint density at radius 1 is 0.395 bits per heavy atom. The van der Waals surface area contributed by atoms with Gasteiger partial charge in [0.15, 0.2) is 6.10 Å². The lowest BCUT2D eigenvalue weighted by Crippen LogP contribution is -2.37. The molecular weight excluding hydrogens is 1030 g/mol. The summed E-state index contributed by atoms with van der Waals surface area (Å²) in [7, 11) is 1.46. The van der Waals surface area contributed by atoms with Crippen molar-refractivity contribution in [2.75, 3.05) is 47.5 Å². The summed E-state index contributed by atoms with van der Waals surface area (Å²) in [5.74, 6) is -0.821. The maximum Gasteiger partial charge on any atom is 0.472 e. The Balaban J connectivity index is 4.15. The largest absolute Gasteiger partial charge is 0.472 e. The molecular formula is C71H127NO8P+. The predicted octanol–water partition coefficient (Wildman–Crippen LogP) is 21.5. The quantitative estimate of drug-likeness (QED) is 0.0211. The first-order chi connectivity index (χ1) is 39.5. The van der Waals surface area contributed by atoms with E-state index < -0.39 is 26.5 Å². The van der Waals surface area contributed by atoms with E-state index in [9.17, 15) is 19.0 Å². The van der Waals surface area contributed by atoms with Gasteiger partial charge in [0, 0.05) is 12.8 Å². The molecule has 0 radical (unpaired) electrons. The molecule has 0 bridgehead atoms. The number of hydrogen-bond acceptors (Lipinski definition) is 7. The Hall–Kier alpha value is -3.07. The van der Waals surface area contributed by atoms with Crippen molar-refractivity contribution in [1.82, 2.24) is 0 Å². The van der Waals surface area contributed by atoms with Crippen LogP contribution in [0.25, 0.3) is 0 Å². The van der Waals surface area contributed by atoms with Gasteiger partial charge < -0.3 is 18.9 Å². The fraction of sp³-hybridized carbons (Fsp3) is 0.746. The van der Waals surface area contributed by atoms with Crippen molar-refractivity contribution in [3.8, 4) is 0 Å². The SMILES string of the molecule is CC/C=C\C/C=C\C/C=C\C/C=C\C/C=C\C/C=C\C/C=C\C/C=C\CCCCCCC(=O)OC(COC(=O)CCCCCCCCCCCCCCCCCCCCCCCCCCCCCC)COP(=O)(O)OCC[N+](C)(C)C. The summed E-state index contributed by atoms with van der Waals surface area (Å²) in [6.45, 7) is 4.32.